The van der Waals surface area contributed by atoms with E-state index >= 15 is 0 Å². The van der Waals surface area contributed by atoms with Gasteiger partial charge in [0.2, 0.25) is 24.4 Å². The number of nitrogens with one attached hydrogen (secondary N) is 3. The summed E-state index contributed by atoms with van der Waals surface area (Å²) in [7, 11) is 0. The number of ketones is 1. The van der Waals surface area contributed by atoms with Crippen LogP contribution in [-0.2, 0) is 40.1 Å². The van der Waals surface area contributed by atoms with E-state index in [1.165, 1.54) is 6.08 Å². The van der Waals surface area contributed by atoms with Crippen molar-refractivity contribution in [3.63, 3.8) is 0 Å². The van der Waals surface area contributed by atoms with Gasteiger partial charge in [-0.3, -0.25) is 24.0 Å². The summed E-state index contributed by atoms with van der Waals surface area (Å²) in [5.74, 6) is -2.46. The SMILES string of the molecule is CCOC(=O)CNC(=O)C(=O)[C@H](COCc1ccccc1)NC(=O)[C@@H](CC1CCCCC1)NC(=O)/C=C/c1ccc2c(c1)OCO2. The molecule has 0 bridgehead atoms. The molecule has 1 heterocycles. The lowest BCUT2D eigenvalue weighted by molar-refractivity contribution is -0.146. The second-order valence-electron chi connectivity index (χ2n) is 11.2. The number of hydrogen-bond donors (Lipinski definition) is 3. The van der Waals surface area contributed by atoms with E-state index in [9.17, 15) is 24.0 Å². The lowest BCUT2D eigenvalue weighted by atomic mass is 9.84. The average Bonchev–Trinajstić information content (AvgIpc) is 3.54. The van der Waals surface area contributed by atoms with Crippen molar-refractivity contribution in [3.8, 4) is 11.5 Å². The second-order valence-corrected chi connectivity index (χ2v) is 11.2. The zero-order valence-corrected chi connectivity index (χ0v) is 26.0. The highest BCUT2D eigenvalue weighted by Crippen LogP contribution is 2.33. The van der Waals surface area contributed by atoms with Crippen LogP contribution in [0.15, 0.2) is 54.6 Å². The van der Waals surface area contributed by atoms with Crippen LogP contribution in [0, 0.1) is 5.92 Å². The zero-order chi connectivity index (χ0) is 32.7. The maximum atomic E-state index is 13.7. The van der Waals surface area contributed by atoms with Crippen molar-refractivity contribution in [2.45, 2.75) is 64.1 Å². The molecule has 2 aliphatic rings. The van der Waals surface area contributed by atoms with Gasteiger partial charge in [-0.2, -0.15) is 0 Å². The summed E-state index contributed by atoms with van der Waals surface area (Å²) in [4.78, 5) is 64.3. The van der Waals surface area contributed by atoms with Gasteiger partial charge in [0.1, 0.15) is 18.6 Å². The highest BCUT2D eigenvalue weighted by molar-refractivity contribution is 6.38. The monoisotopic (exact) mass is 635 g/mol. The molecule has 0 aromatic heterocycles. The second kappa shape index (κ2) is 17.7. The van der Waals surface area contributed by atoms with Gasteiger partial charge in [0.15, 0.2) is 11.5 Å². The molecule has 46 heavy (non-hydrogen) atoms. The van der Waals surface area contributed by atoms with E-state index in [1.807, 2.05) is 30.3 Å². The predicted molar refractivity (Wildman–Crippen MR) is 167 cm³/mol. The Hall–Kier alpha value is -4.71. The number of carbonyl (C=O) groups excluding carboxylic acids is 5. The molecule has 12 heteroatoms. The summed E-state index contributed by atoms with van der Waals surface area (Å²) in [5.41, 5.74) is 1.55. The molecule has 4 rings (SSSR count). The van der Waals surface area contributed by atoms with Gasteiger partial charge < -0.3 is 34.9 Å². The Morgan fingerprint density at radius 1 is 0.935 bits per heavy atom. The quantitative estimate of drug-likeness (QED) is 0.143. The van der Waals surface area contributed by atoms with Crippen LogP contribution in [0.1, 0.15) is 56.6 Å². The third kappa shape index (κ3) is 10.7. The largest absolute Gasteiger partial charge is 0.465 e. The molecular formula is C34H41N3O9. The molecular weight excluding hydrogens is 594 g/mol. The van der Waals surface area contributed by atoms with E-state index in [0.717, 1.165) is 37.7 Å². The lowest BCUT2D eigenvalue weighted by Gasteiger charge is -2.27. The first-order chi connectivity index (χ1) is 22.3. The molecule has 1 aliphatic carbocycles. The van der Waals surface area contributed by atoms with Gasteiger partial charge >= 0.3 is 5.97 Å². The molecule has 3 amide bonds. The van der Waals surface area contributed by atoms with Crippen LogP contribution in [-0.4, -0.2) is 68.1 Å². The van der Waals surface area contributed by atoms with Gasteiger partial charge in [-0.05, 0) is 48.6 Å². The lowest BCUT2D eigenvalue weighted by Crippen LogP contribution is -2.55. The van der Waals surface area contributed by atoms with Crippen molar-refractivity contribution in [1.82, 2.24) is 16.0 Å². The molecule has 1 saturated carbocycles. The number of benzene rings is 2. The number of hydrogen-bond acceptors (Lipinski definition) is 9. The minimum Gasteiger partial charge on any atom is -0.465 e. The van der Waals surface area contributed by atoms with Crippen molar-refractivity contribution in [3.05, 3.63) is 65.7 Å². The summed E-state index contributed by atoms with van der Waals surface area (Å²) < 4.78 is 21.2. The molecule has 2 atom stereocenters. The Balaban J connectivity index is 1.45. The van der Waals surface area contributed by atoms with Crippen LogP contribution < -0.4 is 25.4 Å². The van der Waals surface area contributed by atoms with Gasteiger partial charge in [-0.1, -0.05) is 68.5 Å². The fraction of sp³-hybridized carbons (Fsp3) is 0.441. The smallest absolute Gasteiger partial charge is 0.325 e. The standard InChI is InChI=1S/C34H41N3O9/c1-2-44-31(39)19-35-34(42)32(40)27(21-43-20-25-11-7-4-8-12-25)37-33(41)26(17-23-9-5-3-6-10-23)36-30(38)16-14-24-13-15-28-29(18-24)46-22-45-28/h4,7-8,11-16,18,23,26-27H,2-3,5-6,9-10,17,19-22H2,1H3,(H,35,42)(H,36,38)(H,37,41)/b16-14+/t26-,27+/m1/s1. The average molecular weight is 636 g/mol. The number of esters is 1. The third-order valence-electron chi connectivity index (χ3n) is 7.70. The Morgan fingerprint density at radius 3 is 2.46 bits per heavy atom. The Bertz CT molecular complexity index is 1390. The minimum absolute atomic E-state index is 0.120. The first-order valence-electron chi connectivity index (χ1n) is 15.6. The minimum atomic E-state index is -1.37. The van der Waals surface area contributed by atoms with E-state index in [1.54, 1.807) is 31.2 Å². The van der Waals surface area contributed by atoms with Crippen LogP contribution in [0.3, 0.4) is 0 Å². The summed E-state index contributed by atoms with van der Waals surface area (Å²) in [5, 5.41) is 7.66. The highest BCUT2D eigenvalue weighted by Gasteiger charge is 2.32. The van der Waals surface area contributed by atoms with Crippen molar-refractivity contribution in [2.75, 3.05) is 26.6 Å². The van der Waals surface area contributed by atoms with Gasteiger partial charge in [-0.25, -0.2) is 0 Å². The maximum Gasteiger partial charge on any atom is 0.325 e. The molecule has 246 valence electrons. The summed E-state index contributed by atoms with van der Waals surface area (Å²) >= 11 is 0. The number of amides is 3. The van der Waals surface area contributed by atoms with E-state index in [4.69, 9.17) is 18.9 Å². The summed E-state index contributed by atoms with van der Waals surface area (Å²) in [6, 6.07) is 12.2. The number of Topliss-reactive ketones (excluding diaryl/α,β-unsaturated/α-hetero) is 1. The third-order valence-corrected chi connectivity index (χ3v) is 7.70. The summed E-state index contributed by atoms with van der Waals surface area (Å²) in [6.07, 6.45) is 8.33. The maximum absolute atomic E-state index is 13.7. The molecule has 0 radical (unpaired) electrons. The van der Waals surface area contributed by atoms with Gasteiger partial charge in [0, 0.05) is 6.08 Å². The predicted octanol–water partition coefficient (Wildman–Crippen LogP) is 2.83. The Labute approximate surface area is 268 Å². The fourth-order valence-electron chi connectivity index (χ4n) is 5.33. The van der Waals surface area contributed by atoms with Crippen molar-refractivity contribution < 1.29 is 42.9 Å². The van der Waals surface area contributed by atoms with Crippen LogP contribution in [0.25, 0.3) is 6.08 Å². The number of rotatable bonds is 16. The van der Waals surface area contributed by atoms with Crippen molar-refractivity contribution >= 4 is 35.6 Å². The molecule has 12 nitrogen and oxygen atoms in total. The zero-order valence-electron chi connectivity index (χ0n) is 26.0. The molecule has 3 N–H and O–H groups in total. The normalized spacial score (nSPS) is 15.5. The van der Waals surface area contributed by atoms with Crippen LogP contribution in [0.4, 0.5) is 0 Å². The number of fused-ring (bicyclic) bond motifs is 1. The van der Waals surface area contributed by atoms with E-state index in [2.05, 4.69) is 16.0 Å². The number of carbonyl (C=O) groups is 5. The van der Waals surface area contributed by atoms with Gasteiger partial charge in [-0.15, -0.1) is 0 Å². The van der Waals surface area contributed by atoms with E-state index in [-0.39, 0.29) is 32.5 Å². The summed E-state index contributed by atoms with van der Waals surface area (Å²) in [6.45, 7) is 1.21. The molecule has 1 fully saturated rings. The highest BCUT2D eigenvalue weighted by atomic mass is 16.7. The van der Waals surface area contributed by atoms with Crippen LogP contribution in [0.5, 0.6) is 11.5 Å². The molecule has 0 spiro atoms. The van der Waals surface area contributed by atoms with Crippen molar-refractivity contribution in [1.29, 1.82) is 0 Å². The van der Waals surface area contributed by atoms with Crippen molar-refractivity contribution in [2.24, 2.45) is 5.92 Å². The van der Waals surface area contributed by atoms with Gasteiger partial charge in [0.05, 0.1) is 19.8 Å². The van der Waals surface area contributed by atoms with E-state index in [0.29, 0.717) is 23.5 Å². The van der Waals surface area contributed by atoms with E-state index < -0.39 is 48.1 Å². The number of ether oxygens (including phenoxy) is 4. The van der Waals surface area contributed by atoms with Crippen LogP contribution in [0.2, 0.25) is 0 Å². The fourth-order valence-corrected chi connectivity index (χ4v) is 5.33. The molecule has 2 aromatic carbocycles. The van der Waals surface area contributed by atoms with Gasteiger partial charge in [0.25, 0.3) is 5.91 Å². The topological polar surface area (TPSA) is 158 Å². The molecule has 1 aliphatic heterocycles. The first-order valence-corrected chi connectivity index (χ1v) is 15.6. The molecule has 0 saturated heterocycles. The Morgan fingerprint density at radius 2 is 1.70 bits per heavy atom. The van der Waals surface area contributed by atoms with Crippen LogP contribution >= 0.6 is 0 Å². The molecule has 0 unspecified atom stereocenters. The molecule has 2 aromatic rings. The first kappa shape index (κ1) is 34.2. The Kier molecular flexibility index (Phi) is 13.1.